The van der Waals surface area contributed by atoms with Gasteiger partial charge in [0.25, 0.3) is 5.91 Å². The number of nitrogens with zero attached hydrogens (tertiary/aromatic N) is 3. The second kappa shape index (κ2) is 10.2. The van der Waals surface area contributed by atoms with Crippen molar-refractivity contribution in [3.05, 3.63) is 64.6 Å². The van der Waals surface area contributed by atoms with Gasteiger partial charge in [0.15, 0.2) is 0 Å². The zero-order valence-corrected chi connectivity index (χ0v) is 20.2. The number of likely N-dealkylation sites (N-methyl/N-ethyl adjacent to an activating group) is 1. The molecular formula is C25H29FN6O3. The van der Waals surface area contributed by atoms with Gasteiger partial charge >= 0.3 is 0 Å². The summed E-state index contributed by atoms with van der Waals surface area (Å²) in [5, 5.41) is 6.10. The van der Waals surface area contributed by atoms with Crippen molar-refractivity contribution in [1.82, 2.24) is 14.9 Å². The first kappa shape index (κ1) is 24.4. The Balaban J connectivity index is 1.72. The molecule has 1 amide bonds. The van der Waals surface area contributed by atoms with Crippen LogP contribution in [0.25, 0.3) is 0 Å². The molecule has 0 bridgehead atoms. The SMILES string of the molecule is COc1cc2c(cc1Nc1ncc(C(N)=O)c(Nc3c(F)cccc3C(C)OC)n1)CN(C)CC2. The number of rotatable bonds is 8. The van der Waals surface area contributed by atoms with Crippen LogP contribution in [0.5, 0.6) is 5.75 Å². The number of nitrogens with one attached hydrogen (secondary N) is 2. The lowest BCUT2D eigenvalue weighted by Gasteiger charge is -2.26. The third kappa shape index (κ3) is 5.18. The first-order valence-electron chi connectivity index (χ1n) is 11.2. The fourth-order valence-electron chi connectivity index (χ4n) is 4.09. The molecule has 35 heavy (non-hydrogen) atoms. The van der Waals surface area contributed by atoms with Crippen LogP contribution in [0, 0.1) is 5.82 Å². The van der Waals surface area contributed by atoms with Gasteiger partial charge < -0.3 is 30.7 Å². The van der Waals surface area contributed by atoms with Crippen molar-refractivity contribution < 1.29 is 18.7 Å². The van der Waals surface area contributed by atoms with E-state index in [0.717, 1.165) is 19.5 Å². The molecule has 4 N–H and O–H groups in total. The maximum absolute atomic E-state index is 14.8. The predicted octanol–water partition coefficient (Wildman–Crippen LogP) is 3.91. The number of aromatic nitrogens is 2. The van der Waals surface area contributed by atoms with Gasteiger partial charge in [-0.1, -0.05) is 12.1 Å². The lowest BCUT2D eigenvalue weighted by molar-refractivity contribution is 0.100. The molecule has 3 aromatic rings. The number of hydrogen-bond donors (Lipinski definition) is 3. The van der Waals surface area contributed by atoms with Crippen LogP contribution in [-0.2, 0) is 17.7 Å². The summed E-state index contributed by atoms with van der Waals surface area (Å²) in [7, 11) is 5.21. The summed E-state index contributed by atoms with van der Waals surface area (Å²) >= 11 is 0. The summed E-state index contributed by atoms with van der Waals surface area (Å²) in [6.07, 6.45) is 1.84. The number of carbonyl (C=O) groups excluding carboxylic acids is 1. The molecule has 184 valence electrons. The molecule has 0 saturated heterocycles. The smallest absolute Gasteiger partial charge is 0.254 e. The van der Waals surface area contributed by atoms with Crippen LogP contribution in [0.1, 0.15) is 40.1 Å². The number of methoxy groups -OCH3 is 2. The number of nitrogens with two attached hydrogens (primary N) is 1. The average Bonchev–Trinajstić information content (AvgIpc) is 2.84. The van der Waals surface area contributed by atoms with Crippen LogP contribution in [0.3, 0.4) is 0 Å². The van der Waals surface area contributed by atoms with Crippen molar-refractivity contribution in [2.24, 2.45) is 5.73 Å². The standard InChI is InChI=1S/C25H29FN6O3/c1-14(34-3)17-6-5-7-19(26)22(17)30-24-18(23(27)33)12-28-25(31-24)29-20-10-16-13-32(2)9-8-15(16)11-21(20)35-4/h5-7,10-12,14H,8-9,13H2,1-4H3,(H2,27,33)(H2,28,29,30,31). The monoisotopic (exact) mass is 480 g/mol. The Morgan fingerprint density at radius 2 is 2.03 bits per heavy atom. The summed E-state index contributed by atoms with van der Waals surface area (Å²) in [5.41, 5.74) is 9.37. The molecule has 0 fully saturated rings. The highest BCUT2D eigenvalue weighted by atomic mass is 19.1. The zero-order valence-electron chi connectivity index (χ0n) is 20.2. The molecule has 10 heteroatoms. The number of ether oxygens (including phenoxy) is 2. The highest BCUT2D eigenvalue weighted by Crippen LogP contribution is 2.34. The number of primary amides is 1. The van der Waals surface area contributed by atoms with Crippen LogP contribution in [0.2, 0.25) is 0 Å². The fraction of sp³-hybridized carbons (Fsp3) is 0.320. The summed E-state index contributed by atoms with van der Waals surface area (Å²) in [6, 6.07) is 8.66. The van der Waals surface area contributed by atoms with Crippen LogP contribution in [0.4, 0.5) is 27.5 Å². The Hall–Kier alpha value is -3.76. The topological polar surface area (TPSA) is 115 Å². The fourth-order valence-corrected chi connectivity index (χ4v) is 4.09. The first-order chi connectivity index (χ1) is 16.8. The Labute approximate surface area is 203 Å². The van der Waals surface area contributed by atoms with Gasteiger partial charge in [0.05, 0.1) is 24.6 Å². The molecule has 9 nitrogen and oxygen atoms in total. The van der Waals surface area contributed by atoms with Gasteiger partial charge in [0, 0.05) is 32.0 Å². The van der Waals surface area contributed by atoms with Crippen molar-refractivity contribution >= 4 is 29.0 Å². The highest BCUT2D eigenvalue weighted by molar-refractivity contribution is 5.98. The second-order valence-electron chi connectivity index (χ2n) is 8.46. The Bertz CT molecular complexity index is 1250. The first-order valence-corrected chi connectivity index (χ1v) is 11.2. The number of para-hydroxylation sites is 1. The minimum Gasteiger partial charge on any atom is -0.495 e. The summed E-state index contributed by atoms with van der Waals surface area (Å²) in [5.74, 6) is -0.351. The molecule has 1 aromatic heterocycles. The molecule has 0 radical (unpaired) electrons. The van der Waals surface area contributed by atoms with Crippen LogP contribution >= 0.6 is 0 Å². The molecule has 2 heterocycles. The molecule has 2 aromatic carbocycles. The van der Waals surface area contributed by atoms with E-state index in [9.17, 15) is 9.18 Å². The van der Waals surface area contributed by atoms with E-state index in [4.69, 9.17) is 15.2 Å². The van der Waals surface area contributed by atoms with Crippen molar-refractivity contribution in [3.63, 3.8) is 0 Å². The quantitative estimate of drug-likeness (QED) is 0.445. The average molecular weight is 481 g/mol. The number of anilines is 4. The molecule has 0 spiro atoms. The van der Waals surface area contributed by atoms with E-state index in [1.807, 2.05) is 12.1 Å². The largest absolute Gasteiger partial charge is 0.495 e. The second-order valence-corrected chi connectivity index (χ2v) is 8.46. The van der Waals surface area contributed by atoms with Gasteiger partial charge in [-0.3, -0.25) is 4.79 Å². The van der Waals surface area contributed by atoms with Gasteiger partial charge in [-0.25, -0.2) is 9.37 Å². The molecule has 1 aliphatic rings. The third-order valence-corrected chi connectivity index (χ3v) is 6.11. The molecule has 4 rings (SSSR count). The summed E-state index contributed by atoms with van der Waals surface area (Å²) in [4.78, 5) is 23.0. The molecule has 0 aliphatic carbocycles. The number of carbonyl (C=O) groups is 1. The number of hydrogen-bond acceptors (Lipinski definition) is 8. The lowest BCUT2D eigenvalue weighted by Crippen LogP contribution is -2.26. The van der Waals surface area contributed by atoms with Gasteiger partial charge in [0.1, 0.15) is 22.9 Å². The zero-order chi connectivity index (χ0) is 25.1. The van der Waals surface area contributed by atoms with Gasteiger partial charge in [0.2, 0.25) is 5.95 Å². The number of amides is 1. The third-order valence-electron chi connectivity index (χ3n) is 6.11. The van der Waals surface area contributed by atoms with Crippen molar-refractivity contribution in [1.29, 1.82) is 0 Å². The van der Waals surface area contributed by atoms with E-state index in [1.165, 1.54) is 30.5 Å². The van der Waals surface area contributed by atoms with Gasteiger partial charge in [-0.2, -0.15) is 4.98 Å². The van der Waals surface area contributed by atoms with Crippen molar-refractivity contribution in [3.8, 4) is 5.75 Å². The maximum atomic E-state index is 14.8. The van der Waals surface area contributed by atoms with E-state index in [2.05, 4.69) is 32.5 Å². The molecule has 1 atom stereocenters. The van der Waals surface area contributed by atoms with Crippen molar-refractivity contribution in [2.45, 2.75) is 26.0 Å². The molecule has 1 unspecified atom stereocenters. The molecule has 0 saturated carbocycles. The lowest BCUT2D eigenvalue weighted by atomic mass is 9.99. The predicted molar refractivity (Wildman–Crippen MR) is 132 cm³/mol. The van der Waals surface area contributed by atoms with Crippen molar-refractivity contribution in [2.75, 3.05) is 38.4 Å². The highest BCUT2D eigenvalue weighted by Gasteiger charge is 2.20. The number of benzene rings is 2. The number of halogens is 1. The summed E-state index contributed by atoms with van der Waals surface area (Å²) < 4.78 is 25.7. The minimum atomic E-state index is -0.744. The van der Waals surface area contributed by atoms with Gasteiger partial charge in [-0.15, -0.1) is 0 Å². The van der Waals surface area contributed by atoms with Crippen LogP contribution < -0.4 is 21.1 Å². The minimum absolute atomic E-state index is 0.0221. The number of fused-ring (bicyclic) bond motifs is 1. The van der Waals surface area contributed by atoms with E-state index in [-0.39, 0.29) is 23.0 Å². The maximum Gasteiger partial charge on any atom is 0.254 e. The van der Waals surface area contributed by atoms with E-state index >= 15 is 0 Å². The molecule has 1 aliphatic heterocycles. The van der Waals surface area contributed by atoms with Gasteiger partial charge in [-0.05, 0) is 49.7 Å². The molecular weight excluding hydrogens is 451 g/mol. The normalized spacial score (nSPS) is 14.2. The van der Waals surface area contributed by atoms with E-state index in [1.54, 1.807) is 26.2 Å². The Morgan fingerprint density at radius 1 is 1.23 bits per heavy atom. The summed E-state index contributed by atoms with van der Waals surface area (Å²) in [6.45, 7) is 3.59. The Morgan fingerprint density at radius 3 is 2.74 bits per heavy atom. The van der Waals surface area contributed by atoms with E-state index < -0.39 is 17.8 Å². The Kier molecular flexibility index (Phi) is 7.13. The van der Waals surface area contributed by atoms with Crippen LogP contribution in [0.15, 0.2) is 36.5 Å². The van der Waals surface area contributed by atoms with Crippen LogP contribution in [-0.4, -0.2) is 48.6 Å². The van der Waals surface area contributed by atoms with E-state index in [0.29, 0.717) is 17.0 Å².